The summed E-state index contributed by atoms with van der Waals surface area (Å²) in [5.74, 6) is 0.984. The molecule has 9 heteroatoms. The number of rotatable bonds is 8. The number of hydrogen-bond acceptors (Lipinski definition) is 5. The predicted octanol–water partition coefficient (Wildman–Crippen LogP) is 6.90. The molecule has 3 aromatic rings. The molecule has 0 atom stereocenters. The average molecular weight is 562 g/mol. The highest BCUT2D eigenvalue weighted by Gasteiger charge is 2.15. The molecule has 1 N–H and O–H groups in total. The van der Waals surface area contributed by atoms with Gasteiger partial charge in [-0.3, -0.25) is 4.79 Å². The van der Waals surface area contributed by atoms with Crippen molar-refractivity contribution in [3.63, 3.8) is 0 Å². The molecule has 6 nitrogen and oxygen atoms in total. The number of benzene rings is 3. The van der Waals surface area contributed by atoms with Crippen LogP contribution in [0.1, 0.15) is 11.1 Å². The lowest BCUT2D eigenvalue weighted by molar-refractivity contribution is -0.112. The molecule has 34 heavy (non-hydrogen) atoms. The van der Waals surface area contributed by atoms with Crippen molar-refractivity contribution in [2.24, 2.45) is 0 Å². The molecule has 0 aliphatic heterocycles. The Balaban J connectivity index is 1.80. The topological polar surface area (TPSA) is 80.6 Å². The summed E-state index contributed by atoms with van der Waals surface area (Å²) in [5, 5.41) is 13.3. The number of nitrogens with zero attached hydrogens (tertiary/aromatic N) is 1. The maximum atomic E-state index is 12.6. The SMILES string of the molecule is COc1ccc(NC(=O)/C(C#N)=C\c2cc(Br)c(OCc3ccc(Cl)cc3Cl)c(OC)c2)cc1. The van der Waals surface area contributed by atoms with E-state index in [1.54, 1.807) is 61.7 Å². The first-order valence-electron chi connectivity index (χ1n) is 9.86. The summed E-state index contributed by atoms with van der Waals surface area (Å²) < 4.78 is 17.1. The zero-order chi connectivity index (χ0) is 24.7. The Labute approximate surface area is 215 Å². The van der Waals surface area contributed by atoms with Crippen molar-refractivity contribution in [2.75, 3.05) is 19.5 Å². The van der Waals surface area contributed by atoms with Crippen LogP contribution >= 0.6 is 39.1 Å². The van der Waals surface area contributed by atoms with Gasteiger partial charge in [-0.05, 0) is 76.1 Å². The van der Waals surface area contributed by atoms with Gasteiger partial charge in [0.15, 0.2) is 11.5 Å². The largest absolute Gasteiger partial charge is 0.497 e. The number of ether oxygens (including phenoxy) is 3. The fraction of sp³-hybridized carbons (Fsp3) is 0.120. The number of amides is 1. The van der Waals surface area contributed by atoms with Crippen molar-refractivity contribution in [1.82, 2.24) is 0 Å². The number of anilines is 1. The van der Waals surface area contributed by atoms with Gasteiger partial charge in [0.25, 0.3) is 5.91 Å². The Morgan fingerprint density at radius 2 is 1.82 bits per heavy atom. The van der Waals surface area contributed by atoms with Gasteiger partial charge in [0.1, 0.15) is 24.0 Å². The minimum absolute atomic E-state index is 0.0774. The number of methoxy groups -OCH3 is 2. The van der Waals surface area contributed by atoms with Crippen LogP contribution in [0.2, 0.25) is 10.0 Å². The molecule has 0 spiro atoms. The monoisotopic (exact) mass is 560 g/mol. The quantitative estimate of drug-likeness (QED) is 0.239. The Morgan fingerprint density at radius 3 is 2.44 bits per heavy atom. The molecule has 0 aromatic heterocycles. The van der Waals surface area contributed by atoms with Crippen molar-refractivity contribution in [1.29, 1.82) is 5.26 Å². The molecule has 0 unspecified atom stereocenters. The molecular weight excluding hydrogens is 543 g/mol. The maximum absolute atomic E-state index is 12.6. The first kappa shape index (κ1) is 25.4. The number of carbonyl (C=O) groups excluding carboxylic acids is 1. The van der Waals surface area contributed by atoms with Crippen molar-refractivity contribution in [3.8, 4) is 23.3 Å². The smallest absolute Gasteiger partial charge is 0.266 e. The molecule has 0 bridgehead atoms. The van der Waals surface area contributed by atoms with Gasteiger partial charge in [-0.1, -0.05) is 29.3 Å². The summed E-state index contributed by atoms with van der Waals surface area (Å²) in [4.78, 5) is 12.6. The summed E-state index contributed by atoms with van der Waals surface area (Å²) >= 11 is 15.6. The molecule has 0 heterocycles. The highest BCUT2D eigenvalue weighted by atomic mass is 79.9. The van der Waals surface area contributed by atoms with E-state index < -0.39 is 5.91 Å². The minimum Gasteiger partial charge on any atom is -0.497 e. The summed E-state index contributed by atoms with van der Waals surface area (Å²) in [7, 11) is 3.05. The second kappa shape index (κ2) is 11.8. The van der Waals surface area contributed by atoms with Crippen LogP contribution in [0.15, 0.2) is 64.6 Å². The Morgan fingerprint density at radius 1 is 1.09 bits per heavy atom. The predicted molar refractivity (Wildman–Crippen MR) is 137 cm³/mol. The average Bonchev–Trinajstić information content (AvgIpc) is 2.82. The van der Waals surface area contributed by atoms with Crippen LogP contribution in [0.4, 0.5) is 5.69 Å². The molecule has 1 amide bonds. The lowest BCUT2D eigenvalue weighted by Gasteiger charge is -2.14. The van der Waals surface area contributed by atoms with Crippen LogP contribution in [0.25, 0.3) is 6.08 Å². The summed E-state index contributed by atoms with van der Waals surface area (Å²) in [6, 6.07) is 17.3. The zero-order valence-electron chi connectivity index (χ0n) is 18.2. The van der Waals surface area contributed by atoms with Crippen LogP contribution in [0.5, 0.6) is 17.2 Å². The van der Waals surface area contributed by atoms with Gasteiger partial charge in [-0.15, -0.1) is 0 Å². The number of carbonyl (C=O) groups is 1. The molecule has 0 radical (unpaired) electrons. The van der Waals surface area contributed by atoms with Crippen molar-refractivity contribution < 1.29 is 19.0 Å². The van der Waals surface area contributed by atoms with Crippen molar-refractivity contribution in [2.45, 2.75) is 6.61 Å². The Bertz CT molecular complexity index is 1270. The second-order valence-electron chi connectivity index (χ2n) is 6.91. The maximum Gasteiger partial charge on any atom is 0.266 e. The standard InChI is InChI=1S/C25H19BrCl2N2O4/c1-32-20-7-5-19(6-8-20)30-25(31)17(13-29)9-15-10-21(26)24(23(11-15)33-2)34-14-16-3-4-18(27)12-22(16)28/h3-12H,14H2,1-2H3,(H,30,31)/b17-9-. The van der Waals surface area contributed by atoms with Crippen molar-refractivity contribution in [3.05, 3.63) is 85.8 Å². The molecule has 0 saturated heterocycles. The third kappa shape index (κ3) is 6.45. The van der Waals surface area contributed by atoms with Gasteiger partial charge in [0, 0.05) is 21.3 Å². The minimum atomic E-state index is -0.541. The van der Waals surface area contributed by atoms with E-state index in [2.05, 4.69) is 21.2 Å². The second-order valence-corrected chi connectivity index (χ2v) is 8.61. The third-order valence-electron chi connectivity index (χ3n) is 4.66. The lowest BCUT2D eigenvalue weighted by Crippen LogP contribution is -2.13. The zero-order valence-corrected chi connectivity index (χ0v) is 21.3. The highest BCUT2D eigenvalue weighted by Crippen LogP contribution is 2.38. The number of nitriles is 1. The van der Waals surface area contributed by atoms with Gasteiger partial charge in [0.2, 0.25) is 0 Å². The van der Waals surface area contributed by atoms with E-state index in [1.165, 1.54) is 13.2 Å². The van der Waals surface area contributed by atoms with E-state index in [4.69, 9.17) is 37.4 Å². The van der Waals surface area contributed by atoms with Gasteiger partial charge >= 0.3 is 0 Å². The molecule has 0 saturated carbocycles. The van der Waals surface area contributed by atoms with Gasteiger partial charge in [0.05, 0.1) is 18.7 Å². The summed E-state index contributed by atoms with van der Waals surface area (Å²) in [6.07, 6.45) is 1.46. The molecule has 0 aliphatic carbocycles. The fourth-order valence-electron chi connectivity index (χ4n) is 2.94. The van der Waals surface area contributed by atoms with Crippen LogP contribution in [0, 0.1) is 11.3 Å². The summed E-state index contributed by atoms with van der Waals surface area (Å²) in [6.45, 7) is 0.188. The van der Waals surface area contributed by atoms with Crippen LogP contribution in [-0.2, 0) is 11.4 Å². The third-order valence-corrected chi connectivity index (χ3v) is 5.84. The fourth-order valence-corrected chi connectivity index (χ4v) is 3.98. The first-order chi connectivity index (χ1) is 16.3. The number of halogens is 3. The number of hydrogen-bond donors (Lipinski definition) is 1. The van der Waals surface area contributed by atoms with Crippen molar-refractivity contribution >= 4 is 56.8 Å². The van der Waals surface area contributed by atoms with Crippen LogP contribution in [0.3, 0.4) is 0 Å². The van der Waals surface area contributed by atoms with Gasteiger partial charge < -0.3 is 19.5 Å². The van der Waals surface area contributed by atoms with E-state index in [1.807, 2.05) is 6.07 Å². The Hall–Kier alpha value is -3.18. The van der Waals surface area contributed by atoms with Crippen LogP contribution in [-0.4, -0.2) is 20.1 Å². The normalized spacial score (nSPS) is 10.9. The molecule has 0 fully saturated rings. The van der Waals surface area contributed by atoms with Gasteiger partial charge in [-0.2, -0.15) is 5.26 Å². The van der Waals surface area contributed by atoms with E-state index in [0.29, 0.717) is 43.0 Å². The van der Waals surface area contributed by atoms with E-state index >= 15 is 0 Å². The Kier molecular flexibility index (Phi) is 8.83. The lowest BCUT2D eigenvalue weighted by atomic mass is 10.1. The molecule has 0 aliphatic rings. The van der Waals surface area contributed by atoms with E-state index in [-0.39, 0.29) is 12.2 Å². The molecule has 3 aromatic carbocycles. The van der Waals surface area contributed by atoms with E-state index in [0.717, 1.165) is 5.56 Å². The summed E-state index contributed by atoms with van der Waals surface area (Å²) in [5.41, 5.74) is 1.79. The number of nitrogens with one attached hydrogen (secondary N) is 1. The van der Waals surface area contributed by atoms with Crippen LogP contribution < -0.4 is 19.5 Å². The van der Waals surface area contributed by atoms with E-state index in [9.17, 15) is 10.1 Å². The first-order valence-corrected chi connectivity index (χ1v) is 11.4. The molecular formula is C25H19BrCl2N2O4. The highest BCUT2D eigenvalue weighted by molar-refractivity contribution is 9.10. The molecule has 3 rings (SSSR count). The van der Waals surface area contributed by atoms with Gasteiger partial charge in [-0.25, -0.2) is 0 Å². The molecule has 174 valence electrons.